The number of anilines is 2. The van der Waals surface area contributed by atoms with E-state index in [4.69, 9.17) is 4.74 Å². The van der Waals surface area contributed by atoms with Crippen LogP contribution in [0.5, 0.6) is 5.75 Å². The second kappa shape index (κ2) is 9.21. The van der Waals surface area contributed by atoms with E-state index < -0.39 is 15.9 Å². The third-order valence-corrected chi connectivity index (χ3v) is 6.04. The molecule has 3 aromatic rings. The van der Waals surface area contributed by atoms with E-state index in [9.17, 15) is 18.5 Å². The van der Waals surface area contributed by atoms with Gasteiger partial charge in [0, 0.05) is 17.3 Å². The number of sulfonamides is 1. The fraction of sp³-hybridized carbons (Fsp3) is 0.0500. The lowest BCUT2D eigenvalue weighted by atomic mass is 10.1. The van der Waals surface area contributed by atoms with Gasteiger partial charge in [-0.1, -0.05) is 12.1 Å². The lowest BCUT2D eigenvalue weighted by Crippen LogP contribution is -2.15. The van der Waals surface area contributed by atoms with Crippen LogP contribution in [0.1, 0.15) is 5.56 Å². The predicted octanol–water partition coefficient (Wildman–Crippen LogP) is 3.50. The van der Waals surface area contributed by atoms with E-state index in [1.165, 1.54) is 36.5 Å². The van der Waals surface area contributed by atoms with Crippen LogP contribution in [-0.4, -0.2) is 26.4 Å². The highest BCUT2D eigenvalue weighted by Crippen LogP contribution is 2.20. The summed E-state index contributed by atoms with van der Waals surface area (Å²) in [7, 11) is -2.24. The number of thiazole rings is 1. The Morgan fingerprint density at radius 3 is 2.43 bits per heavy atom. The number of carbonyl (C=O) groups is 1. The molecule has 0 aliphatic heterocycles. The van der Waals surface area contributed by atoms with E-state index in [2.05, 4.69) is 15.0 Å². The zero-order valence-electron chi connectivity index (χ0n) is 15.7. The molecule has 152 valence electrons. The number of hydrogen-bond acceptors (Lipinski definition) is 7. The van der Waals surface area contributed by atoms with Crippen LogP contribution in [0.15, 0.2) is 70.6 Å². The Morgan fingerprint density at radius 1 is 1.17 bits per heavy atom. The molecular formula is C20H16N4O4S2. The summed E-state index contributed by atoms with van der Waals surface area (Å²) in [5.74, 6) is 0.0549. The molecule has 8 nitrogen and oxygen atoms in total. The zero-order valence-corrected chi connectivity index (χ0v) is 17.3. The van der Waals surface area contributed by atoms with Crippen LogP contribution in [0.25, 0.3) is 6.08 Å². The first-order valence-electron chi connectivity index (χ1n) is 8.51. The van der Waals surface area contributed by atoms with E-state index >= 15 is 0 Å². The van der Waals surface area contributed by atoms with Crippen molar-refractivity contribution in [3.05, 3.63) is 71.2 Å². The molecule has 10 heteroatoms. The van der Waals surface area contributed by atoms with Crippen molar-refractivity contribution < 1.29 is 17.9 Å². The number of carbonyl (C=O) groups excluding carboxylic acids is 1. The third-order valence-electron chi connectivity index (χ3n) is 3.87. The minimum absolute atomic E-state index is 0.0185. The lowest BCUT2D eigenvalue weighted by molar-refractivity contribution is -0.112. The van der Waals surface area contributed by atoms with Gasteiger partial charge in [-0.25, -0.2) is 13.4 Å². The first-order chi connectivity index (χ1) is 14.4. The highest BCUT2D eigenvalue weighted by molar-refractivity contribution is 7.93. The molecule has 0 fully saturated rings. The summed E-state index contributed by atoms with van der Waals surface area (Å²) in [5, 5.41) is 13.8. The largest absolute Gasteiger partial charge is 0.497 e. The van der Waals surface area contributed by atoms with Crippen LogP contribution in [0.4, 0.5) is 10.8 Å². The van der Waals surface area contributed by atoms with Gasteiger partial charge in [0.2, 0.25) is 0 Å². The van der Waals surface area contributed by atoms with Crippen molar-refractivity contribution >= 4 is 44.2 Å². The van der Waals surface area contributed by atoms with Gasteiger partial charge < -0.3 is 10.1 Å². The summed E-state index contributed by atoms with van der Waals surface area (Å²) in [6.45, 7) is 0. The van der Waals surface area contributed by atoms with Crippen molar-refractivity contribution in [1.29, 1.82) is 5.26 Å². The Labute approximate surface area is 177 Å². The van der Waals surface area contributed by atoms with Gasteiger partial charge >= 0.3 is 0 Å². The van der Waals surface area contributed by atoms with Gasteiger partial charge in [0.05, 0.1) is 12.0 Å². The molecule has 0 aliphatic rings. The van der Waals surface area contributed by atoms with E-state index in [-0.39, 0.29) is 15.6 Å². The van der Waals surface area contributed by atoms with Gasteiger partial charge in [-0.3, -0.25) is 9.52 Å². The Bertz CT molecular complexity index is 1200. The first kappa shape index (κ1) is 21.0. The maximum Gasteiger partial charge on any atom is 0.266 e. The number of aromatic nitrogens is 1. The van der Waals surface area contributed by atoms with Crippen molar-refractivity contribution in [3.8, 4) is 11.8 Å². The van der Waals surface area contributed by atoms with Crippen molar-refractivity contribution in [2.75, 3.05) is 17.1 Å². The number of benzene rings is 2. The van der Waals surface area contributed by atoms with Gasteiger partial charge in [-0.15, -0.1) is 11.3 Å². The Morgan fingerprint density at radius 2 is 1.87 bits per heavy atom. The quantitative estimate of drug-likeness (QED) is 0.428. The fourth-order valence-corrected chi connectivity index (χ4v) is 4.17. The maximum absolute atomic E-state index is 12.4. The molecule has 1 amide bonds. The monoisotopic (exact) mass is 440 g/mol. The van der Waals surface area contributed by atoms with Gasteiger partial charge in [-0.2, -0.15) is 5.26 Å². The van der Waals surface area contributed by atoms with Crippen LogP contribution < -0.4 is 14.8 Å². The van der Waals surface area contributed by atoms with Gasteiger partial charge in [0.15, 0.2) is 5.13 Å². The molecule has 0 unspecified atom stereocenters. The van der Waals surface area contributed by atoms with E-state index in [0.29, 0.717) is 17.0 Å². The molecule has 0 bridgehead atoms. The summed E-state index contributed by atoms with van der Waals surface area (Å²) in [6, 6.07) is 14.3. The number of methoxy groups -OCH3 is 1. The van der Waals surface area contributed by atoms with Crippen LogP contribution in [-0.2, 0) is 14.8 Å². The molecule has 30 heavy (non-hydrogen) atoms. The number of rotatable bonds is 7. The lowest BCUT2D eigenvalue weighted by Gasteiger charge is -2.08. The second-order valence-corrected chi connectivity index (χ2v) is 8.44. The van der Waals surface area contributed by atoms with Gasteiger partial charge in [0.1, 0.15) is 17.4 Å². The van der Waals surface area contributed by atoms with Crippen molar-refractivity contribution in [3.63, 3.8) is 0 Å². The van der Waals surface area contributed by atoms with Crippen molar-refractivity contribution in [2.24, 2.45) is 0 Å². The van der Waals surface area contributed by atoms with Crippen molar-refractivity contribution in [2.45, 2.75) is 4.90 Å². The number of nitrogens with one attached hydrogen (secondary N) is 2. The van der Waals surface area contributed by atoms with Gasteiger partial charge in [0.25, 0.3) is 15.9 Å². The van der Waals surface area contributed by atoms with E-state index in [1.807, 2.05) is 6.07 Å². The summed E-state index contributed by atoms with van der Waals surface area (Å²) in [6.07, 6.45) is 2.94. The minimum Gasteiger partial charge on any atom is -0.497 e. The third kappa shape index (κ3) is 5.22. The zero-order chi connectivity index (χ0) is 21.6. The molecule has 2 N–H and O–H groups in total. The first-order valence-corrected chi connectivity index (χ1v) is 10.9. The minimum atomic E-state index is -3.78. The highest BCUT2D eigenvalue weighted by Gasteiger charge is 2.16. The molecule has 0 saturated carbocycles. The van der Waals surface area contributed by atoms with Crippen LogP contribution in [0.3, 0.4) is 0 Å². The summed E-state index contributed by atoms with van der Waals surface area (Å²) < 4.78 is 32.1. The topological polar surface area (TPSA) is 121 Å². The summed E-state index contributed by atoms with van der Waals surface area (Å²) >= 11 is 1.16. The molecule has 1 heterocycles. The van der Waals surface area contributed by atoms with E-state index in [1.54, 1.807) is 36.8 Å². The number of nitrogens with zero attached hydrogens (tertiary/aromatic N) is 2. The Kier molecular flexibility index (Phi) is 6.46. The number of nitriles is 1. The van der Waals surface area contributed by atoms with Crippen molar-refractivity contribution in [1.82, 2.24) is 4.98 Å². The average Bonchev–Trinajstić information content (AvgIpc) is 3.25. The normalized spacial score (nSPS) is 11.4. The number of hydrogen-bond donors (Lipinski definition) is 2. The second-order valence-electron chi connectivity index (χ2n) is 5.86. The molecule has 3 rings (SSSR count). The molecule has 0 atom stereocenters. The molecule has 0 saturated heterocycles. The molecule has 2 aromatic carbocycles. The standard InChI is InChI=1S/C20H16N4O4S2/c1-28-17-6-2-14(3-7-17)12-15(13-21)19(25)23-16-4-8-18(9-5-16)30(26,27)24-20-22-10-11-29-20/h2-12H,1H3,(H,22,24)(H,23,25)/b15-12-. The van der Waals surface area contributed by atoms with E-state index in [0.717, 1.165) is 11.3 Å². The molecule has 1 aromatic heterocycles. The predicted molar refractivity (Wildman–Crippen MR) is 115 cm³/mol. The number of ether oxygens (including phenoxy) is 1. The van der Waals surface area contributed by atoms with Crippen LogP contribution in [0.2, 0.25) is 0 Å². The molecular weight excluding hydrogens is 424 g/mol. The summed E-state index contributed by atoms with van der Waals surface area (Å²) in [4.78, 5) is 16.3. The number of amides is 1. The Balaban J connectivity index is 1.71. The molecule has 0 radical (unpaired) electrons. The van der Waals surface area contributed by atoms with Crippen LogP contribution in [0, 0.1) is 11.3 Å². The van der Waals surface area contributed by atoms with Crippen LogP contribution >= 0.6 is 11.3 Å². The SMILES string of the molecule is COc1ccc(/C=C(/C#N)C(=O)Nc2ccc(S(=O)(=O)Nc3nccs3)cc2)cc1. The van der Waals surface area contributed by atoms with Gasteiger partial charge in [-0.05, 0) is 48.0 Å². The summed E-state index contributed by atoms with van der Waals surface area (Å²) in [5.41, 5.74) is 0.920. The molecule has 0 spiro atoms. The Hall–Kier alpha value is -3.68. The molecule has 0 aliphatic carbocycles. The fourth-order valence-electron chi connectivity index (χ4n) is 2.38. The average molecular weight is 441 g/mol. The smallest absolute Gasteiger partial charge is 0.266 e. The highest BCUT2D eigenvalue weighted by atomic mass is 32.2. The maximum atomic E-state index is 12.4.